The molecule has 7 nitrogen and oxygen atoms in total. The molecule has 0 bridgehead atoms. The van der Waals surface area contributed by atoms with E-state index >= 15 is 0 Å². The van der Waals surface area contributed by atoms with Crippen LogP contribution in [0.4, 0.5) is 5.69 Å². The van der Waals surface area contributed by atoms with Crippen molar-refractivity contribution < 1.29 is 23.9 Å². The van der Waals surface area contributed by atoms with Crippen LogP contribution in [0.5, 0.6) is 11.5 Å². The molecule has 1 N–H and O–H groups in total. The fourth-order valence-electron chi connectivity index (χ4n) is 6.15. The molecule has 0 aromatic heterocycles. The van der Waals surface area contributed by atoms with Crippen LogP contribution in [0.1, 0.15) is 69.4 Å². The van der Waals surface area contributed by atoms with Gasteiger partial charge in [-0.2, -0.15) is 0 Å². The molecule has 1 heterocycles. The van der Waals surface area contributed by atoms with Gasteiger partial charge in [0.2, 0.25) is 0 Å². The van der Waals surface area contributed by atoms with Gasteiger partial charge in [-0.3, -0.25) is 14.4 Å². The molecule has 0 atom stereocenters. The van der Waals surface area contributed by atoms with Gasteiger partial charge in [0.1, 0.15) is 0 Å². The van der Waals surface area contributed by atoms with Crippen molar-refractivity contribution in [3.63, 3.8) is 0 Å². The van der Waals surface area contributed by atoms with E-state index in [2.05, 4.69) is 17.1 Å². The monoisotopic (exact) mass is 562 g/mol. The lowest BCUT2D eigenvalue weighted by Crippen LogP contribution is -2.39. The summed E-state index contributed by atoms with van der Waals surface area (Å²) in [5.41, 5.74) is 5.90. The van der Waals surface area contributed by atoms with Crippen molar-refractivity contribution in [2.75, 3.05) is 25.1 Å². The van der Waals surface area contributed by atoms with Gasteiger partial charge >= 0.3 is 0 Å². The summed E-state index contributed by atoms with van der Waals surface area (Å²) in [5, 5.41) is 3.09. The van der Waals surface area contributed by atoms with E-state index < -0.39 is 5.92 Å². The average molecular weight is 563 g/mol. The average Bonchev–Trinajstić information content (AvgIpc) is 2.92. The van der Waals surface area contributed by atoms with E-state index in [1.54, 1.807) is 6.07 Å². The van der Waals surface area contributed by atoms with Crippen LogP contribution >= 0.6 is 11.6 Å². The molecule has 210 valence electrons. The van der Waals surface area contributed by atoms with Crippen molar-refractivity contribution in [1.29, 1.82) is 0 Å². The maximum atomic E-state index is 13.4. The second kappa shape index (κ2) is 11.9. The summed E-state index contributed by atoms with van der Waals surface area (Å²) in [7, 11) is 0. The highest BCUT2D eigenvalue weighted by Gasteiger charge is 2.43. The molecule has 1 amide bonds. The van der Waals surface area contributed by atoms with E-state index in [4.69, 9.17) is 21.1 Å². The van der Waals surface area contributed by atoms with Crippen LogP contribution in [-0.4, -0.2) is 42.1 Å². The second-order valence-electron chi connectivity index (χ2n) is 10.4. The number of anilines is 1. The van der Waals surface area contributed by atoms with Gasteiger partial charge in [-0.25, -0.2) is 0 Å². The van der Waals surface area contributed by atoms with Crippen molar-refractivity contribution >= 4 is 34.8 Å². The molecule has 2 aliphatic carbocycles. The number of carbonyl (C=O) groups excluding carboxylic acids is 3. The summed E-state index contributed by atoms with van der Waals surface area (Å²) in [5.74, 6) is -0.0316. The molecule has 2 aromatic rings. The zero-order valence-electron chi connectivity index (χ0n) is 23.3. The van der Waals surface area contributed by atoms with E-state index in [0.717, 1.165) is 48.2 Å². The van der Waals surface area contributed by atoms with Crippen LogP contribution in [0, 0.1) is 6.92 Å². The Balaban J connectivity index is 1.51. The molecule has 0 unspecified atom stereocenters. The number of nitrogens with zero attached hydrogens (tertiary/aromatic N) is 1. The minimum atomic E-state index is -0.497. The lowest BCUT2D eigenvalue weighted by Gasteiger charge is -2.43. The molecule has 5 rings (SSSR count). The standard InChI is InChI=1S/C32H35ClN2O5/c1-4-35-23-11-7-13-25(36)30(23)29(31-24(35)12-8-14-26(31)37)20-16-22(33)32(27(17-20)39-5-2)40-18-28(38)34-21-10-6-9-19(3)15-21/h6,9-10,15-17,29H,4-5,7-8,11-14,18H2,1-3H3,(H,34,38). The van der Waals surface area contributed by atoms with Gasteiger partial charge in [-0.15, -0.1) is 0 Å². The third kappa shape index (κ3) is 5.39. The first-order chi connectivity index (χ1) is 19.3. The molecule has 0 spiro atoms. The van der Waals surface area contributed by atoms with Crippen LogP contribution in [0.15, 0.2) is 58.9 Å². The lowest BCUT2D eigenvalue weighted by atomic mass is 9.71. The summed E-state index contributed by atoms with van der Waals surface area (Å²) < 4.78 is 11.8. The summed E-state index contributed by atoms with van der Waals surface area (Å²) in [6, 6.07) is 11.1. The number of ether oxygens (including phenoxy) is 2. The van der Waals surface area contributed by atoms with E-state index in [-0.39, 0.29) is 34.9 Å². The SMILES string of the molecule is CCOc1cc(C2C3=C(CCCC3=O)N(CC)C3=C2C(=O)CCC3)cc(Cl)c1OCC(=O)Nc1cccc(C)c1. The molecule has 0 saturated heterocycles. The number of rotatable bonds is 8. The highest BCUT2D eigenvalue weighted by atomic mass is 35.5. The van der Waals surface area contributed by atoms with E-state index in [9.17, 15) is 14.4 Å². The molecule has 2 aromatic carbocycles. The van der Waals surface area contributed by atoms with Crippen molar-refractivity contribution in [3.8, 4) is 11.5 Å². The number of hydrogen-bond acceptors (Lipinski definition) is 6. The molecule has 3 aliphatic rings. The Hall–Kier alpha value is -3.58. The molecular weight excluding hydrogens is 528 g/mol. The van der Waals surface area contributed by atoms with Crippen molar-refractivity contribution in [2.45, 2.75) is 65.2 Å². The Bertz CT molecular complexity index is 1380. The lowest BCUT2D eigenvalue weighted by molar-refractivity contribution is -0.118. The van der Waals surface area contributed by atoms with Crippen LogP contribution in [0.2, 0.25) is 5.02 Å². The normalized spacial score (nSPS) is 17.6. The zero-order valence-corrected chi connectivity index (χ0v) is 24.0. The Labute approximate surface area is 240 Å². The first kappa shape index (κ1) is 28.0. The van der Waals surface area contributed by atoms with Gasteiger partial charge in [0.25, 0.3) is 5.91 Å². The molecular formula is C32H35ClN2O5. The Kier molecular flexibility index (Phi) is 8.31. The van der Waals surface area contributed by atoms with Gasteiger partial charge in [0.05, 0.1) is 11.6 Å². The summed E-state index contributed by atoms with van der Waals surface area (Å²) in [6.07, 6.45) is 4.15. The van der Waals surface area contributed by atoms with Gasteiger partial charge in [0, 0.05) is 53.5 Å². The third-order valence-electron chi connectivity index (χ3n) is 7.72. The summed E-state index contributed by atoms with van der Waals surface area (Å²) in [4.78, 5) is 41.7. The maximum absolute atomic E-state index is 13.4. The number of amides is 1. The summed E-state index contributed by atoms with van der Waals surface area (Å²) in [6.45, 7) is 6.67. The predicted octanol–water partition coefficient (Wildman–Crippen LogP) is 6.50. The maximum Gasteiger partial charge on any atom is 0.262 e. The highest BCUT2D eigenvalue weighted by molar-refractivity contribution is 6.32. The minimum absolute atomic E-state index is 0.0804. The largest absolute Gasteiger partial charge is 0.490 e. The first-order valence-electron chi connectivity index (χ1n) is 14.1. The summed E-state index contributed by atoms with van der Waals surface area (Å²) >= 11 is 6.78. The van der Waals surface area contributed by atoms with Crippen LogP contribution in [-0.2, 0) is 14.4 Å². The fourth-order valence-corrected chi connectivity index (χ4v) is 6.42. The van der Waals surface area contributed by atoms with Crippen LogP contribution in [0.3, 0.4) is 0 Å². The number of carbonyl (C=O) groups is 3. The number of nitrogens with one attached hydrogen (secondary N) is 1. The van der Waals surface area contributed by atoms with Crippen molar-refractivity contribution in [3.05, 3.63) is 75.1 Å². The smallest absolute Gasteiger partial charge is 0.262 e. The van der Waals surface area contributed by atoms with Crippen molar-refractivity contribution in [2.24, 2.45) is 0 Å². The number of aryl methyl sites for hydroxylation is 1. The van der Waals surface area contributed by atoms with Gasteiger partial charge in [0.15, 0.2) is 29.7 Å². The zero-order chi connectivity index (χ0) is 28.4. The molecule has 0 radical (unpaired) electrons. The first-order valence-corrected chi connectivity index (χ1v) is 14.5. The minimum Gasteiger partial charge on any atom is -0.490 e. The highest BCUT2D eigenvalue weighted by Crippen LogP contribution is 2.51. The second-order valence-corrected chi connectivity index (χ2v) is 10.8. The number of Topliss-reactive ketones (excluding diaryl/α,β-unsaturated/α-hetero) is 2. The van der Waals surface area contributed by atoms with Gasteiger partial charge in [-0.1, -0.05) is 23.7 Å². The molecule has 8 heteroatoms. The van der Waals surface area contributed by atoms with Crippen molar-refractivity contribution in [1.82, 2.24) is 4.90 Å². The number of halogens is 1. The Morgan fingerprint density at radius 2 is 1.65 bits per heavy atom. The Morgan fingerprint density at radius 1 is 0.975 bits per heavy atom. The van der Waals surface area contributed by atoms with Gasteiger partial charge < -0.3 is 19.7 Å². The number of hydrogen-bond donors (Lipinski definition) is 1. The van der Waals surface area contributed by atoms with E-state index in [0.29, 0.717) is 48.6 Å². The van der Waals surface area contributed by atoms with Crippen LogP contribution in [0.25, 0.3) is 0 Å². The predicted molar refractivity (Wildman–Crippen MR) is 155 cm³/mol. The Morgan fingerprint density at radius 3 is 2.25 bits per heavy atom. The topological polar surface area (TPSA) is 84.9 Å². The molecule has 0 fully saturated rings. The molecule has 1 aliphatic heterocycles. The third-order valence-corrected chi connectivity index (χ3v) is 8.00. The number of ketones is 2. The van der Waals surface area contributed by atoms with E-state index in [1.165, 1.54) is 0 Å². The van der Waals surface area contributed by atoms with E-state index in [1.807, 2.05) is 44.2 Å². The molecule has 40 heavy (non-hydrogen) atoms. The molecule has 0 saturated carbocycles. The number of allylic oxidation sites excluding steroid dienone is 4. The number of benzene rings is 2. The van der Waals surface area contributed by atoms with Gasteiger partial charge in [-0.05, 0) is 81.8 Å². The fraction of sp³-hybridized carbons (Fsp3) is 0.406. The quantitative estimate of drug-likeness (QED) is 0.395. The van der Waals surface area contributed by atoms with Crippen LogP contribution < -0.4 is 14.8 Å².